The number of nitrogen functional groups attached to an aromatic ring is 1. The van der Waals surface area contributed by atoms with Gasteiger partial charge in [0.2, 0.25) is 0 Å². The number of ether oxygens (including phenoxy) is 1. The lowest BCUT2D eigenvalue weighted by Crippen LogP contribution is -1.95. The maximum atomic E-state index is 8.61. The molecule has 12 heavy (non-hydrogen) atoms. The van der Waals surface area contributed by atoms with Crippen LogP contribution in [0.4, 0.5) is 5.69 Å². The van der Waals surface area contributed by atoms with E-state index in [1.807, 2.05) is 13.0 Å². The minimum atomic E-state index is 0.523. The third-order valence-corrected chi connectivity index (χ3v) is 1.75. The van der Waals surface area contributed by atoms with Crippen LogP contribution >= 0.6 is 0 Å². The first-order valence-corrected chi connectivity index (χ1v) is 3.53. The van der Waals surface area contributed by atoms with E-state index in [-0.39, 0.29) is 0 Å². The third-order valence-electron chi connectivity index (χ3n) is 1.75. The molecule has 0 fully saturated rings. The van der Waals surface area contributed by atoms with Gasteiger partial charge in [0.05, 0.1) is 18.7 Å². The highest BCUT2D eigenvalue weighted by molar-refractivity contribution is 5.58. The fraction of sp³-hybridized carbons (Fsp3) is 0.222. The Morgan fingerprint density at radius 2 is 2.17 bits per heavy atom. The summed E-state index contributed by atoms with van der Waals surface area (Å²) in [5.41, 5.74) is 7.63. The van der Waals surface area contributed by atoms with Crippen molar-refractivity contribution < 1.29 is 4.74 Å². The first-order chi connectivity index (χ1) is 5.69. The number of nitriles is 1. The van der Waals surface area contributed by atoms with Crippen LogP contribution in [-0.4, -0.2) is 7.11 Å². The Kier molecular flexibility index (Phi) is 2.20. The quantitative estimate of drug-likeness (QED) is 0.636. The number of hydrogen-bond acceptors (Lipinski definition) is 3. The maximum absolute atomic E-state index is 8.61. The van der Waals surface area contributed by atoms with E-state index in [1.165, 1.54) is 0 Å². The molecule has 2 N–H and O–H groups in total. The Hall–Kier alpha value is -1.69. The van der Waals surface area contributed by atoms with Crippen LogP contribution in [0.25, 0.3) is 0 Å². The van der Waals surface area contributed by atoms with Crippen molar-refractivity contribution in [3.8, 4) is 11.8 Å². The summed E-state index contributed by atoms with van der Waals surface area (Å²) in [7, 11) is 1.56. The molecule has 1 aromatic carbocycles. The van der Waals surface area contributed by atoms with Gasteiger partial charge in [-0.2, -0.15) is 5.26 Å². The van der Waals surface area contributed by atoms with Gasteiger partial charge in [-0.05, 0) is 19.1 Å². The molecular weight excluding hydrogens is 152 g/mol. The largest absolute Gasteiger partial charge is 0.496 e. The number of methoxy groups -OCH3 is 1. The molecule has 0 amide bonds. The van der Waals surface area contributed by atoms with E-state index in [0.29, 0.717) is 17.0 Å². The van der Waals surface area contributed by atoms with Gasteiger partial charge in [-0.3, -0.25) is 0 Å². The van der Waals surface area contributed by atoms with Gasteiger partial charge >= 0.3 is 0 Å². The average Bonchev–Trinajstić information content (AvgIpc) is 2.09. The zero-order chi connectivity index (χ0) is 9.14. The van der Waals surface area contributed by atoms with Crippen LogP contribution in [0.2, 0.25) is 0 Å². The normalized spacial score (nSPS) is 9.08. The summed E-state index contributed by atoms with van der Waals surface area (Å²) in [4.78, 5) is 0. The Bertz CT molecular complexity index is 339. The smallest absolute Gasteiger partial charge is 0.125 e. The molecule has 0 saturated heterocycles. The van der Waals surface area contributed by atoms with Crippen LogP contribution in [-0.2, 0) is 0 Å². The molecule has 0 aliphatic rings. The Labute approximate surface area is 71.4 Å². The van der Waals surface area contributed by atoms with Crippen molar-refractivity contribution in [2.24, 2.45) is 0 Å². The van der Waals surface area contributed by atoms with E-state index >= 15 is 0 Å². The number of nitrogens with two attached hydrogens (primary N) is 1. The second-order valence-electron chi connectivity index (χ2n) is 2.50. The molecule has 62 valence electrons. The first-order valence-electron chi connectivity index (χ1n) is 3.53. The van der Waals surface area contributed by atoms with Crippen LogP contribution in [0.5, 0.6) is 5.75 Å². The number of hydrogen-bond donors (Lipinski definition) is 1. The Balaban J connectivity index is 3.31. The molecular formula is C9H10N2O. The van der Waals surface area contributed by atoms with Gasteiger partial charge in [0, 0.05) is 11.3 Å². The van der Waals surface area contributed by atoms with E-state index in [0.717, 1.165) is 5.56 Å². The molecule has 3 heteroatoms. The van der Waals surface area contributed by atoms with Crippen LogP contribution in [0.1, 0.15) is 11.1 Å². The monoisotopic (exact) mass is 162 g/mol. The molecule has 0 radical (unpaired) electrons. The molecule has 0 heterocycles. The summed E-state index contributed by atoms with van der Waals surface area (Å²) in [5, 5.41) is 8.61. The Morgan fingerprint density at radius 3 is 2.67 bits per heavy atom. The minimum absolute atomic E-state index is 0.523. The lowest BCUT2D eigenvalue weighted by atomic mass is 10.1. The molecule has 0 atom stereocenters. The van der Waals surface area contributed by atoms with Gasteiger partial charge in [0.25, 0.3) is 0 Å². The predicted octanol–water partition coefficient (Wildman–Crippen LogP) is 1.46. The Morgan fingerprint density at radius 1 is 1.50 bits per heavy atom. The molecule has 0 aliphatic heterocycles. The summed E-state index contributed by atoms with van der Waals surface area (Å²) in [6.45, 7) is 1.86. The lowest BCUT2D eigenvalue weighted by molar-refractivity contribution is 0.412. The molecule has 0 spiro atoms. The van der Waals surface area contributed by atoms with Crippen molar-refractivity contribution in [3.05, 3.63) is 23.3 Å². The van der Waals surface area contributed by atoms with Crippen LogP contribution in [0, 0.1) is 18.3 Å². The fourth-order valence-electron chi connectivity index (χ4n) is 0.986. The highest BCUT2D eigenvalue weighted by Crippen LogP contribution is 2.24. The van der Waals surface area contributed by atoms with E-state index in [2.05, 4.69) is 0 Å². The van der Waals surface area contributed by atoms with Gasteiger partial charge in [-0.25, -0.2) is 0 Å². The second kappa shape index (κ2) is 3.14. The maximum Gasteiger partial charge on any atom is 0.125 e. The number of anilines is 1. The molecule has 0 aromatic heterocycles. The molecule has 0 saturated carbocycles. The molecule has 3 nitrogen and oxygen atoms in total. The van der Waals surface area contributed by atoms with Crippen LogP contribution < -0.4 is 10.5 Å². The third kappa shape index (κ3) is 1.32. The molecule has 1 rings (SSSR count). The highest BCUT2D eigenvalue weighted by atomic mass is 16.5. The van der Waals surface area contributed by atoms with E-state index in [9.17, 15) is 0 Å². The standard InChI is InChI=1S/C9H10N2O/c1-6-8(11)3-7(5-10)4-9(6)12-2/h3-4H,11H2,1-2H3. The highest BCUT2D eigenvalue weighted by Gasteiger charge is 2.03. The zero-order valence-corrected chi connectivity index (χ0v) is 7.09. The fourth-order valence-corrected chi connectivity index (χ4v) is 0.986. The van der Waals surface area contributed by atoms with Crippen molar-refractivity contribution in [1.82, 2.24) is 0 Å². The number of nitrogens with zero attached hydrogens (tertiary/aromatic N) is 1. The summed E-state index contributed by atoms with van der Waals surface area (Å²) in [6.07, 6.45) is 0. The summed E-state index contributed by atoms with van der Waals surface area (Å²) >= 11 is 0. The van der Waals surface area contributed by atoms with E-state index < -0.39 is 0 Å². The van der Waals surface area contributed by atoms with Crippen molar-refractivity contribution in [1.29, 1.82) is 5.26 Å². The van der Waals surface area contributed by atoms with E-state index in [4.69, 9.17) is 15.7 Å². The van der Waals surface area contributed by atoms with Gasteiger partial charge in [-0.15, -0.1) is 0 Å². The number of rotatable bonds is 1. The summed E-state index contributed by atoms with van der Waals surface area (Å²) < 4.78 is 5.04. The minimum Gasteiger partial charge on any atom is -0.496 e. The zero-order valence-electron chi connectivity index (χ0n) is 7.09. The molecule has 0 aliphatic carbocycles. The summed E-state index contributed by atoms with van der Waals surface area (Å²) in [6, 6.07) is 5.32. The van der Waals surface area contributed by atoms with Crippen molar-refractivity contribution in [3.63, 3.8) is 0 Å². The molecule has 0 bridgehead atoms. The van der Waals surface area contributed by atoms with Gasteiger partial charge < -0.3 is 10.5 Å². The predicted molar refractivity (Wildman–Crippen MR) is 46.9 cm³/mol. The van der Waals surface area contributed by atoms with Gasteiger partial charge in [0.1, 0.15) is 5.75 Å². The lowest BCUT2D eigenvalue weighted by Gasteiger charge is -2.06. The van der Waals surface area contributed by atoms with Crippen molar-refractivity contribution in [2.75, 3.05) is 12.8 Å². The van der Waals surface area contributed by atoms with Gasteiger partial charge in [0.15, 0.2) is 0 Å². The van der Waals surface area contributed by atoms with Crippen molar-refractivity contribution in [2.45, 2.75) is 6.92 Å². The van der Waals surface area contributed by atoms with E-state index in [1.54, 1.807) is 19.2 Å². The topological polar surface area (TPSA) is 59.0 Å². The number of benzene rings is 1. The second-order valence-corrected chi connectivity index (χ2v) is 2.50. The van der Waals surface area contributed by atoms with Crippen molar-refractivity contribution >= 4 is 5.69 Å². The SMILES string of the molecule is COc1cc(C#N)cc(N)c1C. The summed E-state index contributed by atoms with van der Waals surface area (Å²) in [5.74, 6) is 0.659. The van der Waals surface area contributed by atoms with Gasteiger partial charge in [-0.1, -0.05) is 0 Å². The molecule has 1 aromatic rings. The van der Waals surface area contributed by atoms with Crippen LogP contribution in [0.15, 0.2) is 12.1 Å². The molecule has 0 unspecified atom stereocenters. The average molecular weight is 162 g/mol. The first kappa shape index (κ1) is 8.41. The van der Waals surface area contributed by atoms with Crippen LogP contribution in [0.3, 0.4) is 0 Å².